The maximum absolute atomic E-state index is 10.4. The molecule has 2 saturated carbocycles. The molecule has 2 aliphatic rings. The Balaban J connectivity index is 1.49. The molecule has 0 saturated heterocycles. The number of carbonyl (C=O) groups is 1. The second-order valence-corrected chi connectivity index (χ2v) is 7.25. The molecule has 3 rings (SSSR count). The lowest BCUT2D eigenvalue weighted by Gasteiger charge is -2.13. The Morgan fingerprint density at radius 2 is 2.28 bits per heavy atom. The van der Waals surface area contributed by atoms with Crippen LogP contribution in [-0.4, -0.2) is 33.6 Å². The third kappa shape index (κ3) is 2.77. The van der Waals surface area contributed by atoms with E-state index < -0.39 is 5.97 Å². The number of anilines is 1. The van der Waals surface area contributed by atoms with Gasteiger partial charge in [0.25, 0.3) is 0 Å². The first-order chi connectivity index (χ1) is 8.68. The van der Waals surface area contributed by atoms with Gasteiger partial charge in [0, 0.05) is 6.54 Å². The van der Waals surface area contributed by atoms with Crippen molar-refractivity contribution in [3.8, 4) is 0 Å². The lowest BCUT2D eigenvalue weighted by Crippen LogP contribution is -2.17. The van der Waals surface area contributed by atoms with Gasteiger partial charge in [-0.2, -0.15) is 0 Å². The lowest BCUT2D eigenvalue weighted by atomic mass is 10.0. The van der Waals surface area contributed by atoms with Crippen LogP contribution in [0.3, 0.4) is 0 Å². The molecule has 2 N–H and O–H groups in total. The van der Waals surface area contributed by atoms with Gasteiger partial charge in [-0.3, -0.25) is 4.79 Å². The number of nitrogens with one attached hydrogen (secondary N) is 1. The molecule has 1 heterocycles. The molecule has 0 spiro atoms. The Labute approximate surface area is 113 Å². The molecule has 98 valence electrons. The number of aromatic nitrogens is 2. The SMILES string of the molecule is O=C(O)CSc1nnc(NCC2(C3CC3)CC2)s1. The molecule has 2 aliphatic carbocycles. The van der Waals surface area contributed by atoms with E-state index in [1.165, 1.54) is 48.8 Å². The Morgan fingerprint density at radius 3 is 2.89 bits per heavy atom. The predicted molar refractivity (Wildman–Crippen MR) is 71.1 cm³/mol. The number of hydrogen-bond acceptors (Lipinski definition) is 6. The average molecular weight is 285 g/mol. The van der Waals surface area contributed by atoms with E-state index >= 15 is 0 Å². The molecular formula is C11H15N3O2S2. The number of carboxylic acids is 1. The molecule has 0 aromatic carbocycles. The zero-order chi connectivity index (χ0) is 12.6. The first kappa shape index (κ1) is 12.2. The van der Waals surface area contributed by atoms with Crippen molar-refractivity contribution in [3.05, 3.63) is 0 Å². The van der Waals surface area contributed by atoms with Crippen molar-refractivity contribution in [2.45, 2.75) is 30.0 Å². The van der Waals surface area contributed by atoms with Crippen molar-refractivity contribution in [1.82, 2.24) is 10.2 Å². The van der Waals surface area contributed by atoms with E-state index in [2.05, 4.69) is 15.5 Å². The highest BCUT2D eigenvalue weighted by molar-refractivity contribution is 8.01. The minimum Gasteiger partial charge on any atom is -0.481 e. The lowest BCUT2D eigenvalue weighted by molar-refractivity contribution is -0.133. The molecular weight excluding hydrogens is 270 g/mol. The molecule has 0 amide bonds. The van der Waals surface area contributed by atoms with Crippen molar-refractivity contribution in [1.29, 1.82) is 0 Å². The molecule has 0 unspecified atom stereocenters. The Morgan fingerprint density at radius 1 is 1.50 bits per heavy atom. The van der Waals surface area contributed by atoms with E-state index in [0.29, 0.717) is 5.41 Å². The van der Waals surface area contributed by atoms with Gasteiger partial charge in [-0.15, -0.1) is 10.2 Å². The van der Waals surface area contributed by atoms with Crippen LogP contribution in [0.25, 0.3) is 0 Å². The van der Waals surface area contributed by atoms with Gasteiger partial charge in [0.1, 0.15) is 0 Å². The van der Waals surface area contributed by atoms with Crippen LogP contribution in [-0.2, 0) is 4.79 Å². The summed E-state index contributed by atoms with van der Waals surface area (Å²) in [6.45, 7) is 0.996. The molecule has 0 bridgehead atoms. The number of aliphatic carboxylic acids is 1. The van der Waals surface area contributed by atoms with E-state index in [4.69, 9.17) is 5.11 Å². The van der Waals surface area contributed by atoms with E-state index in [-0.39, 0.29) is 5.75 Å². The molecule has 2 fully saturated rings. The van der Waals surface area contributed by atoms with Gasteiger partial charge in [-0.25, -0.2) is 0 Å². The molecule has 5 nitrogen and oxygen atoms in total. The van der Waals surface area contributed by atoms with Gasteiger partial charge >= 0.3 is 5.97 Å². The maximum atomic E-state index is 10.4. The van der Waals surface area contributed by atoms with Gasteiger partial charge in [0.05, 0.1) is 5.75 Å². The average Bonchev–Trinajstić information content (AvgIpc) is 3.22. The highest BCUT2D eigenvalue weighted by Crippen LogP contribution is 2.61. The van der Waals surface area contributed by atoms with Crippen LogP contribution in [0.15, 0.2) is 4.34 Å². The second kappa shape index (κ2) is 4.70. The zero-order valence-electron chi connectivity index (χ0n) is 9.89. The fraction of sp³-hybridized carbons (Fsp3) is 0.727. The smallest absolute Gasteiger partial charge is 0.313 e. The van der Waals surface area contributed by atoms with Gasteiger partial charge in [-0.05, 0) is 37.0 Å². The summed E-state index contributed by atoms with van der Waals surface area (Å²) in [6.07, 6.45) is 5.45. The summed E-state index contributed by atoms with van der Waals surface area (Å²) in [6, 6.07) is 0. The van der Waals surface area contributed by atoms with E-state index in [0.717, 1.165) is 21.9 Å². The molecule has 1 aromatic heterocycles. The monoisotopic (exact) mass is 285 g/mol. The van der Waals surface area contributed by atoms with Gasteiger partial charge in [0.2, 0.25) is 5.13 Å². The number of nitrogens with zero attached hydrogens (tertiary/aromatic N) is 2. The molecule has 7 heteroatoms. The summed E-state index contributed by atoms with van der Waals surface area (Å²) in [7, 11) is 0. The zero-order valence-corrected chi connectivity index (χ0v) is 11.5. The van der Waals surface area contributed by atoms with Crippen LogP contribution in [0.5, 0.6) is 0 Å². The molecule has 1 aromatic rings. The summed E-state index contributed by atoms with van der Waals surface area (Å²) in [5.41, 5.74) is 0.542. The van der Waals surface area contributed by atoms with Crippen LogP contribution < -0.4 is 5.32 Å². The van der Waals surface area contributed by atoms with Crippen molar-refractivity contribution in [2.24, 2.45) is 11.3 Å². The van der Waals surface area contributed by atoms with Crippen LogP contribution in [0, 0.1) is 11.3 Å². The van der Waals surface area contributed by atoms with Crippen molar-refractivity contribution in [3.63, 3.8) is 0 Å². The highest BCUT2D eigenvalue weighted by atomic mass is 32.2. The first-order valence-corrected chi connectivity index (χ1v) is 7.90. The number of carboxylic acid groups (broad SMARTS) is 1. The Hall–Kier alpha value is -0.820. The largest absolute Gasteiger partial charge is 0.481 e. The highest BCUT2D eigenvalue weighted by Gasteiger charge is 2.53. The van der Waals surface area contributed by atoms with E-state index in [1.807, 2.05) is 0 Å². The summed E-state index contributed by atoms with van der Waals surface area (Å²) in [5, 5.41) is 20.8. The number of hydrogen-bond donors (Lipinski definition) is 2. The van der Waals surface area contributed by atoms with E-state index in [1.54, 1.807) is 0 Å². The number of thioether (sulfide) groups is 1. The molecule has 0 atom stereocenters. The summed E-state index contributed by atoms with van der Waals surface area (Å²) in [5.74, 6) is 0.148. The van der Waals surface area contributed by atoms with Gasteiger partial charge < -0.3 is 10.4 Å². The van der Waals surface area contributed by atoms with E-state index in [9.17, 15) is 4.79 Å². The van der Waals surface area contributed by atoms with Crippen molar-refractivity contribution < 1.29 is 9.90 Å². The first-order valence-electron chi connectivity index (χ1n) is 6.10. The minimum absolute atomic E-state index is 0.0423. The molecule has 18 heavy (non-hydrogen) atoms. The Bertz CT molecular complexity index is 455. The van der Waals surface area contributed by atoms with Crippen molar-refractivity contribution in [2.75, 3.05) is 17.6 Å². The van der Waals surface area contributed by atoms with Crippen LogP contribution >= 0.6 is 23.1 Å². The Kier molecular flexibility index (Phi) is 3.19. The van der Waals surface area contributed by atoms with Crippen LogP contribution in [0.4, 0.5) is 5.13 Å². The maximum Gasteiger partial charge on any atom is 0.313 e. The summed E-state index contributed by atoms with van der Waals surface area (Å²) in [4.78, 5) is 10.4. The normalized spacial score (nSPS) is 20.7. The van der Waals surface area contributed by atoms with Gasteiger partial charge in [-0.1, -0.05) is 23.1 Å². The quantitative estimate of drug-likeness (QED) is 0.749. The van der Waals surface area contributed by atoms with Gasteiger partial charge in [0.15, 0.2) is 4.34 Å². The fourth-order valence-electron chi connectivity index (χ4n) is 2.30. The predicted octanol–water partition coefficient (Wildman–Crippen LogP) is 2.32. The minimum atomic E-state index is -0.824. The topological polar surface area (TPSA) is 75.1 Å². The second-order valence-electron chi connectivity index (χ2n) is 5.05. The third-order valence-electron chi connectivity index (χ3n) is 3.65. The third-order valence-corrected chi connectivity index (χ3v) is 5.65. The molecule has 0 radical (unpaired) electrons. The standard InChI is InChI=1S/C11H15N3O2S2/c15-8(16)5-17-10-14-13-9(18-10)12-6-11(3-4-11)7-1-2-7/h7H,1-6H2,(H,12,13)(H,15,16). The van der Waals surface area contributed by atoms with Crippen LogP contribution in [0.2, 0.25) is 0 Å². The summed E-state index contributed by atoms with van der Waals surface area (Å²) < 4.78 is 0.719. The fourth-order valence-corrected chi connectivity index (χ4v) is 3.77. The summed E-state index contributed by atoms with van der Waals surface area (Å²) >= 11 is 2.66. The van der Waals surface area contributed by atoms with Crippen LogP contribution in [0.1, 0.15) is 25.7 Å². The van der Waals surface area contributed by atoms with Crippen molar-refractivity contribution >= 4 is 34.2 Å². The number of rotatable bonds is 7. The molecule has 0 aliphatic heterocycles.